The van der Waals surface area contributed by atoms with Crippen LogP contribution in [-0.4, -0.2) is 27.0 Å². The lowest BCUT2D eigenvalue weighted by atomic mass is 10.0. The number of nitrogens with zero attached hydrogens (tertiary/aromatic N) is 4. The minimum absolute atomic E-state index is 0.0913. The van der Waals surface area contributed by atoms with Gasteiger partial charge in [0.2, 0.25) is 5.91 Å². The van der Waals surface area contributed by atoms with Crippen LogP contribution in [0.5, 0.6) is 0 Å². The molecule has 0 atom stereocenters. The largest absolute Gasteiger partial charge is 0.321 e. The predicted molar refractivity (Wildman–Crippen MR) is 105 cm³/mol. The zero-order valence-electron chi connectivity index (χ0n) is 14.7. The van der Waals surface area contributed by atoms with E-state index in [0.29, 0.717) is 6.54 Å². The molecule has 132 valence electrons. The summed E-state index contributed by atoms with van der Waals surface area (Å²) in [6, 6.07) is 18.2. The summed E-state index contributed by atoms with van der Waals surface area (Å²) in [5, 5.41) is 0. The number of carbonyl (C=O) groups is 1. The number of imidazole rings is 1. The fourth-order valence-electron chi connectivity index (χ4n) is 3.75. The van der Waals surface area contributed by atoms with Crippen LogP contribution in [0.4, 0.5) is 5.69 Å². The molecule has 2 aromatic heterocycles. The molecule has 27 heavy (non-hydrogen) atoms. The number of benzene rings is 2. The molecule has 0 spiro atoms. The first-order valence-corrected chi connectivity index (χ1v) is 9.03. The molecule has 5 nitrogen and oxygen atoms in total. The first kappa shape index (κ1) is 15.8. The summed E-state index contributed by atoms with van der Waals surface area (Å²) in [4.78, 5) is 23.3. The smallest absolute Gasteiger partial charge is 0.246 e. The molecule has 0 unspecified atom stereocenters. The van der Waals surface area contributed by atoms with Crippen LogP contribution in [-0.2, 0) is 17.8 Å². The fourth-order valence-corrected chi connectivity index (χ4v) is 3.75. The molecule has 0 bridgehead atoms. The van der Waals surface area contributed by atoms with E-state index in [0.717, 1.165) is 40.8 Å². The standard InChI is InChI=1S/C22H18N4O/c27-22(14-25-15-24-19-3-1-2-4-21(19)25)26-12-9-18-13-17(5-6-20(18)26)16-7-10-23-11-8-16/h1-8,10-11,13,15H,9,12,14H2. The van der Waals surface area contributed by atoms with Gasteiger partial charge in [0.1, 0.15) is 6.54 Å². The van der Waals surface area contributed by atoms with Crippen molar-refractivity contribution >= 4 is 22.6 Å². The van der Waals surface area contributed by atoms with E-state index in [9.17, 15) is 4.79 Å². The number of fused-ring (bicyclic) bond motifs is 2. The van der Waals surface area contributed by atoms with E-state index >= 15 is 0 Å². The number of para-hydroxylation sites is 2. The van der Waals surface area contributed by atoms with Crippen molar-refractivity contribution in [2.45, 2.75) is 13.0 Å². The molecule has 0 aliphatic carbocycles. The molecule has 5 heteroatoms. The molecule has 1 aliphatic rings. The number of hydrogen-bond acceptors (Lipinski definition) is 3. The van der Waals surface area contributed by atoms with E-state index in [1.807, 2.05) is 45.9 Å². The molecule has 4 aromatic rings. The van der Waals surface area contributed by atoms with E-state index in [1.54, 1.807) is 18.7 Å². The van der Waals surface area contributed by atoms with Crippen LogP contribution in [0.1, 0.15) is 5.56 Å². The lowest BCUT2D eigenvalue weighted by Gasteiger charge is -2.18. The Bertz CT molecular complexity index is 1130. The summed E-state index contributed by atoms with van der Waals surface area (Å²) in [7, 11) is 0. The molecule has 0 N–H and O–H groups in total. The van der Waals surface area contributed by atoms with Gasteiger partial charge in [-0.3, -0.25) is 9.78 Å². The van der Waals surface area contributed by atoms with Gasteiger partial charge in [-0.05, 0) is 59.5 Å². The van der Waals surface area contributed by atoms with E-state index in [-0.39, 0.29) is 5.91 Å². The Balaban J connectivity index is 1.41. The van der Waals surface area contributed by atoms with E-state index in [2.05, 4.69) is 28.2 Å². The number of hydrogen-bond donors (Lipinski definition) is 0. The first-order valence-electron chi connectivity index (χ1n) is 9.03. The Kier molecular flexibility index (Phi) is 3.71. The minimum Gasteiger partial charge on any atom is -0.321 e. The summed E-state index contributed by atoms with van der Waals surface area (Å²) in [5.74, 6) is 0.0913. The Morgan fingerprint density at radius 1 is 1.00 bits per heavy atom. The minimum atomic E-state index is 0.0913. The monoisotopic (exact) mass is 354 g/mol. The molecule has 5 rings (SSSR count). The first-order chi connectivity index (χ1) is 13.3. The normalized spacial score (nSPS) is 13.1. The lowest BCUT2D eigenvalue weighted by molar-refractivity contribution is -0.119. The molecule has 2 aromatic carbocycles. The Morgan fingerprint density at radius 3 is 2.74 bits per heavy atom. The van der Waals surface area contributed by atoms with Gasteiger partial charge in [-0.15, -0.1) is 0 Å². The van der Waals surface area contributed by atoms with Gasteiger partial charge in [0, 0.05) is 24.6 Å². The van der Waals surface area contributed by atoms with Crippen LogP contribution >= 0.6 is 0 Å². The van der Waals surface area contributed by atoms with Crippen molar-refractivity contribution in [3.8, 4) is 11.1 Å². The highest BCUT2D eigenvalue weighted by Crippen LogP contribution is 2.32. The zero-order valence-corrected chi connectivity index (χ0v) is 14.7. The van der Waals surface area contributed by atoms with Gasteiger partial charge in [0.25, 0.3) is 0 Å². The van der Waals surface area contributed by atoms with Crippen LogP contribution in [0, 0.1) is 0 Å². The number of anilines is 1. The van der Waals surface area contributed by atoms with Crippen molar-refractivity contribution < 1.29 is 4.79 Å². The second-order valence-corrected chi connectivity index (χ2v) is 6.74. The number of pyridine rings is 1. The van der Waals surface area contributed by atoms with Crippen molar-refractivity contribution in [1.82, 2.24) is 14.5 Å². The molecule has 1 aliphatic heterocycles. The third kappa shape index (κ3) is 2.77. The number of carbonyl (C=O) groups excluding carboxylic acids is 1. The topological polar surface area (TPSA) is 51.0 Å². The average molecular weight is 354 g/mol. The summed E-state index contributed by atoms with van der Waals surface area (Å²) in [6.07, 6.45) is 6.22. The van der Waals surface area contributed by atoms with Gasteiger partial charge in [0.15, 0.2) is 0 Å². The van der Waals surface area contributed by atoms with E-state index in [1.165, 1.54) is 5.56 Å². The molecular formula is C22H18N4O. The molecule has 3 heterocycles. The highest BCUT2D eigenvalue weighted by molar-refractivity contribution is 5.96. The molecule has 0 saturated heterocycles. The molecule has 1 amide bonds. The molecule has 0 fully saturated rings. The van der Waals surface area contributed by atoms with E-state index in [4.69, 9.17) is 0 Å². The molecular weight excluding hydrogens is 336 g/mol. The third-order valence-corrected chi connectivity index (χ3v) is 5.12. The lowest BCUT2D eigenvalue weighted by Crippen LogP contribution is -2.32. The van der Waals surface area contributed by atoms with E-state index < -0.39 is 0 Å². The maximum atomic E-state index is 12.9. The maximum absolute atomic E-state index is 12.9. The van der Waals surface area contributed by atoms with Crippen LogP contribution < -0.4 is 4.90 Å². The maximum Gasteiger partial charge on any atom is 0.246 e. The van der Waals surface area contributed by atoms with Crippen molar-refractivity contribution in [3.05, 3.63) is 78.9 Å². The third-order valence-electron chi connectivity index (χ3n) is 5.12. The second kappa shape index (κ2) is 6.36. The number of aromatic nitrogens is 3. The van der Waals surface area contributed by atoms with Gasteiger partial charge in [-0.2, -0.15) is 0 Å². The zero-order chi connectivity index (χ0) is 18.2. The quantitative estimate of drug-likeness (QED) is 0.564. The number of rotatable bonds is 3. The molecule has 0 radical (unpaired) electrons. The van der Waals surface area contributed by atoms with Gasteiger partial charge in [0.05, 0.1) is 17.4 Å². The van der Waals surface area contributed by atoms with Gasteiger partial charge >= 0.3 is 0 Å². The van der Waals surface area contributed by atoms with Crippen LogP contribution in [0.15, 0.2) is 73.3 Å². The van der Waals surface area contributed by atoms with Gasteiger partial charge < -0.3 is 9.47 Å². The Morgan fingerprint density at radius 2 is 1.85 bits per heavy atom. The van der Waals surface area contributed by atoms with Gasteiger partial charge in [-0.1, -0.05) is 18.2 Å². The highest BCUT2D eigenvalue weighted by Gasteiger charge is 2.25. The van der Waals surface area contributed by atoms with Crippen LogP contribution in [0.25, 0.3) is 22.2 Å². The fraction of sp³-hybridized carbons (Fsp3) is 0.136. The summed E-state index contributed by atoms with van der Waals surface area (Å²) >= 11 is 0. The van der Waals surface area contributed by atoms with Crippen LogP contribution in [0.3, 0.4) is 0 Å². The highest BCUT2D eigenvalue weighted by atomic mass is 16.2. The van der Waals surface area contributed by atoms with Crippen molar-refractivity contribution in [1.29, 1.82) is 0 Å². The van der Waals surface area contributed by atoms with Crippen molar-refractivity contribution in [3.63, 3.8) is 0 Å². The summed E-state index contributed by atoms with van der Waals surface area (Å²) in [5.41, 5.74) is 6.43. The second-order valence-electron chi connectivity index (χ2n) is 6.74. The van der Waals surface area contributed by atoms with Crippen molar-refractivity contribution in [2.75, 3.05) is 11.4 Å². The Labute approximate surface area is 156 Å². The van der Waals surface area contributed by atoms with Gasteiger partial charge in [-0.25, -0.2) is 4.98 Å². The SMILES string of the molecule is O=C(Cn1cnc2ccccc21)N1CCc2cc(-c3ccncc3)ccc21. The summed E-state index contributed by atoms with van der Waals surface area (Å²) in [6.45, 7) is 1.02. The average Bonchev–Trinajstić information content (AvgIpc) is 3.32. The molecule has 0 saturated carbocycles. The Hall–Kier alpha value is -3.47. The number of amides is 1. The van der Waals surface area contributed by atoms with Crippen molar-refractivity contribution in [2.24, 2.45) is 0 Å². The summed E-state index contributed by atoms with van der Waals surface area (Å²) < 4.78 is 1.92. The van der Waals surface area contributed by atoms with Crippen LogP contribution in [0.2, 0.25) is 0 Å². The predicted octanol–water partition coefficient (Wildman–Crippen LogP) is 3.69.